The molecule has 1 rings (SSSR count). The van der Waals surface area contributed by atoms with Crippen molar-refractivity contribution in [3.8, 4) is 0 Å². The number of nitrogens with zero attached hydrogens (tertiary/aromatic N) is 2. The molecular weight excluding hydrogens is 216 g/mol. The summed E-state index contributed by atoms with van der Waals surface area (Å²) in [5.41, 5.74) is 0. The molecule has 0 amide bonds. The van der Waals surface area contributed by atoms with E-state index >= 15 is 0 Å². The Morgan fingerprint density at radius 2 is 2.07 bits per heavy atom. The van der Waals surface area contributed by atoms with Crippen LogP contribution in [0.25, 0.3) is 0 Å². The topological polar surface area (TPSA) is 60.9 Å². The van der Waals surface area contributed by atoms with Gasteiger partial charge >= 0.3 is 0 Å². The monoisotopic (exact) mass is 234 g/mol. The third kappa shape index (κ3) is 3.10. The lowest BCUT2D eigenvalue weighted by atomic mass is 10.4. The van der Waals surface area contributed by atoms with E-state index in [1.165, 1.54) is 0 Å². The van der Waals surface area contributed by atoms with Gasteiger partial charge in [0.1, 0.15) is 0 Å². The molecule has 0 bridgehead atoms. The summed E-state index contributed by atoms with van der Waals surface area (Å²) in [6.07, 6.45) is 4.97. The highest BCUT2D eigenvalue weighted by Crippen LogP contribution is 2.16. The number of hydrogen-bond acceptors (Lipinski definition) is 4. The van der Waals surface area contributed by atoms with Gasteiger partial charge < -0.3 is 9.80 Å². The van der Waals surface area contributed by atoms with Gasteiger partial charge in [-0.15, -0.1) is 0 Å². The average Bonchev–Trinajstić information content (AvgIpc) is 2.52. The van der Waals surface area contributed by atoms with Gasteiger partial charge in [0, 0.05) is 18.9 Å². The van der Waals surface area contributed by atoms with E-state index in [1.807, 2.05) is 11.1 Å². The molecule has 1 heterocycles. The third-order valence-electron chi connectivity index (χ3n) is 2.39. The summed E-state index contributed by atoms with van der Waals surface area (Å²) >= 11 is 0. The second-order valence-corrected chi connectivity index (χ2v) is 5.22. The van der Waals surface area contributed by atoms with E-state index in [-0.39, 0.29) is 0 Å². The molecule has 1 aliphatic heterocycles. The highest BCUT2D eigenvalue weighted by molar-refractivity contribution is 7.86. The quantitative estimate of drug-likeness (QED) is 0.721. The van der Waals surface area contributed by atoms with Crippen LogP contribution in [0.2, 0.25) is 0 Å². The van der Waals surface area contributed by atoms with Crippen molar-refractivity contribution in [3.05, 3.63) is 12.4 Å². The molecule has 0 aromatic rings. The fraction of sp³-hybridized carbons (Fsp3) is 0.778. The molecule has 0 aliphatic carbocycles. The normalized spacial score (nSPS) is 18.6. The minimum absolute atomic E-state index is 0.378. The molecule has 1 unspecified atom stereocenters. The standard InChI is InChI=1S/C9H18N2O3S/c1-3-5-10-6-7-11(8-10)9(4-2)15(12,13)14/h6-7,9H,3-5,8H2,1-2H3,(H,12,13,14). The number of rotatable bonds is 5. The Balaban J connectivity index is 2.64. The van der Waals surface area contributed by atoms with Crippen molar-refractivity contribution >= 4 is 10.1 Å². The molecule has 6 heteroatoms. The van der Waals surface area contributed by atoms with Crippen molar-refractivity contribution in [3.63, 3.8) is 0 Å². The first-order valence-electron chi connectivity index (χ1n) is 5.13. The van der Waals surface area contributed by atoms with Crippen LogP contribution in [-0.2, 0) is 10.1 Å². The van der Waals surface area contributed by atoms with Gasteiger partial charge in [0.25, 0.3) is 10.1 Å². The summed E-state index contributed by atoms with van der Waals surface area (Å²) in [7, 11) is -3.99. The van der Waals surface area contributed by atoms with Crippen molar-refractivity contribution < 1.29 is 13.0 Å². The summed E-state index contributed by atoms with van der Waals surface area (Å²) in [5, 5.41) is -0.824. The largest absolute Gasteiger partial charge is 0.359 e. The molecule has 5 nitrogen and oxygen atoms in total. The predicted octanol–water partition coefficient (Wildman–Crippen LogP) is 1.07. The molecule has 0 fully saturated rings. The predicted molar refractivity (Wildman–Crippen MR) is 58.5 cm³/mol. The Bertz CT molecular complexity index is 326. The van der Waals surface area contributed by atoms with E-state index in [0.717, 1.165) is 13.0 Å². The molecule has 0 saturated heterocycles. The molecular formula is C9H18N2O3S. The van der Waals surface area contributed by atoms with Crippen molar-refractivity contribution in [2.45, 2.75) is 32.1 Å². The van der Waals surface area contributed by atoms with Crippen molar-refractivity contribution in [2.75, 3.05) is 13.2 Å². The lowest BCUT2D eigenvalue weighted by Gasteiger charge is -2.26. The minimum Gasteiger partial charge on any atom is -0.359 e. The SMILES string of the molecule is CCCN1C=CN(C(CC)S(=O)(=O)O)C1. The van der Waals surface area contributed by atoms with Gasteiger partial charge in [0.15, 0.2) is 5.37 Å². The molecule has 0 aromatic heterocycles. The summed E-state index contributed by atoms with van der Waals surface area (Å²) in [6.45, 7) is 5.24. The zero-order valence-electron chi connectivity index (χ0n) is 9.13. The first-order chi connectivity index (χ1) is 6.99. The van der Waals surface area contributed by atoms with E-state index in [4.69, 9.17) is 4.55 Å². The van der Waals surface area contributed by atoms with Crippen LogP contribution in [0.5, 0.6) is 0 Å². The molecule has 0 spiro atoms. The maximum absolute atomic E-state index is 11.1. The third-order valence-corrected chi connectivity index (χ3v) is 3.68. The van der Waals surface area contributed by atoms with Gasteiger partial charge in [-0.2, -0.15) is 8.42 Å². The number of hydrogen-bond donors (Lipinski definition) is 1. The molecule has 1 aliphatic rings. The van der Waals surface area contributed by atoms with Crippen LogP contribution in [0.1, 0.15) is 26.7 Å². The Labute approximate surface area is 91.1 Å². The molecule has 0 saturated carbocycles. The van der Waals surface area contributed by atoms with Crippen LogP contribution in [0.4, 0.5) is 0 Å². The molecule has 0 aromatic carbocycles. The van der Waals surface area contributed by atoms with Crippen LogP contribution in [-0.4, -0.2) is 41.4 Å². The zero-order chi connectivity index (χ0) is 11.5. The van der Waals surface area contributed by atoms with Gasteiger partial charge in [-0.05, 0) is 12.8 Å². The van der Waals surface area contributed by atoms with Gasteiger partial charge in [-0.3, -0.25) is 4.55 Å². The van der Waals surface area contributed by atoms with Gasteiger partial charge in [-0.25, -0.2) is 0 Å². The minimum atomic E-state index is -3.99. The first-order valence-corrected chi connectivity index (χ1v) is 6.63. The maximum atomic E-state index is 11.1. The van der Waals surface area contributed by atoms with Crippen LogP contribution < -0.4 is 0 Å². The lowest BCUT2D eigenvalue weighted by Crippen LogP contribution is -2.39. The molecule has 15 heavy (non-hydrogen) atoms. The van der Waals surface area contributed by atoms with Crippen LogP contribution in [0, 0.1) is 0 Å². The van der Waals surface area contributed by atoms with Crippen LogP contribution in [0.3, 0.4) is 0 Å². The highest BCUT2D eigenvalue weighted by atomic mass is 32.2. The van der Waals surface area contributed by atoms with E-state index in [1.54, 1.807) is 18.0 Å². The van der Waals surface area contributed by atoms with Crippen molar-refractivity contribution in [1.29, 1.82) is 0 Å². The molecule has 1 N–H and O–H groups in total. The fourth-order valence-corrected chi connectivity index (χ4v) is 2.62. The van der Waals surface area contributed by atoms with Crippen molar-refractivity contribution in [1.82, 2.24) is 9.80 Å². The fourth-order valence-electron chi connectivity index (χ4n) is 1.72. The van der Waals surface area contributed by atoms with Crippen LogP contribution in [0.15, 0.2) is 12.4 Å². The smallest absolute Gasteiger partial charge is 0.286 e. The Hall–Kier alpha value is -0.750. The van der Waals surface area contributed by atoms with E-state index in [9.17, 15) is 8.42 Å². The zero-order valence-corrected chi connectivity index (χ0v) is 9.94. The Kier molecular flexibility index (Phi) is 3.98. The van der Waals surface area contributed by atoms with E-state index in [2.05, 4.69) is 6.92 Å². The van der Waals surface area contributed by atoms with Crippen LogP contribution >= 0.6 is 0 Å². The van der Waals surface area contributed by atoms with Gasteiger partial charge in [-0.1, -0.05) is 13.8 Å². The second-order valence-electron chi connectivity index (χ2n) is 3.64. The molecule has 1 atom stereocenters. The first kappa shape index (κ1) is 12.3. The summed E-state index contributed by atoms with van der Waals surface area (Å²) < 4.78 is 31.2. The van der Waals surface area contributed by atoms with E-state index in [0.29, 0.717) is 13.1 Å². The van der Waals surface area contributed by atoms with Crippen molar-refractivity contribution in [2.24, 2.45) is 0 Å². The maximum Gasteiger partial charge on any atom is 0.286 e. The van der Waals surface area contributed by atoms with E-state index < -0.39 is 15.5 Å². The summed E-state index contributed by atoms with van der Waals surface area (Å²) in [4.78, 5) is 3.67. The van der Waals surface area contributed by atoms with Gasteiger partial charge in [0.05, 0.1) is 6.67 Å². The Morgan fingerprint density at radius 1 is 1.40 bits per heavy atom. The van der Waals surface area contributed by atoms with Gasteiger partial charge in [0.2, 0.25) is 0 Å². The lowest BCUT2D eigenvalue weighted by molar-refractivity contribution is 0.237. The average molecular weight is 234 g/mol. The Morgan fingerprint density at radius 3 is 2.53 bits per heavy atom. The summed E-state index contributed by atoms with van der Waals surface area (Å²) in [6, 6.07) is 0. The molecule has 0 radical (unpaired) electrons. The second kappa shape index (κ2) is 4.85. The highest BCUT2D eigenvalue weighted by Gasteiger charge is 2.29. The summed E-state index contributed by atoms with van der Waals surface area (Å²) in [5.74, 6) is 0. The molecule has 88 valence electrons.